The average molecular weight is 1040 g/mol. The molecule has 1 fully saturated rings. The Labute approximate surface area is 442 Å². The summed E-state index contributed by atoms with van der Waals surface area (Å²) in [7, 11) is 1.54. The van der Waals surface area contributed by atoms with E-state index >= 15 is 0 Å². The number of nitrogens with zero attached hydrogens (tertiary/aromatic N) is 5. The van der Waals surface area contributed by atoms with Crippen molar-refractivity contribution in [1.29, 1.82) is 0 Å². The van der Waals surface area contributed by atoms with Crippen LogP contribution in [0.15, 0.2) is 127 Å². The van der Waals surface area contributed by atoms with Crippen LogP contribution in [0.4, 0.5) is 21.0 Å². The molecule has 2 unspecified atom stereocenters. The van der Waals surface area contributed by atoms with E-state index in [1.54, 1.807) is 63.2 Å². The highest BCUT2D eigenvalue weighted by Gasteiger charge is 2.31. The summed E-state index contributed by atoms with van der Waals surface area (Å²) in [5.41, 5.74) is 8.24. The molecule has 0 bridgehead atoms. The van der Waals surface area contributed by atoms with E-state index < -0.39 is 28.9 Å². The Kier molecular flexibility index (Phi) is 15.6. The molecule has 0 spiro atoms. The van der Waals surface area contributed by atoms with Gasteiger partial charge in [0.1, 0.15) is 28.7 Å². The summed E-state index contributed by atoms with van der Waals surface area (Å²) in [4.78, 5) is 74.1. The number of imide groups is 1. The first-order chi connectivity index (χ1) is 36.5. The number of aromatic amines is 2. The third kappa shape index (κ3) is 12.7. The second-order valence-electron chi connectivity index (χ2n) is 19.3. The highest BCUT2D eigenvalue weighted by molar-refractivity contribution is 8.15. The molecule has 8 aromatic rings. The SMILES string of the molecule is CCCc1nc2c(C)cc(C(=O)NC(Cc3ccc(-c4ccccc4-c4nn[nH]n4)cc3)c3ccc(Oc4ccc(NC(=O)COc5ccc(CC6SC(=O)NC6=O)cc5)c(N(C)C(=O)OC(C)(C)C)c4)cc3)cc2[nH]1. The molecule has 5 amide bonds. The van der Waals surface area contributed by atoms with Crippen molar-refractivity contribution in [3.63, 3.8) is 0 Å². The van der Waals surface area contributed by atoms with Crippen LogP contribution in [0.5, 0.6) is 17.2 Å². The van der Waals surface area contributed by atoms with Gasteiger partial charge < -0.3 is 29.8 Å². The number of rotatable bonds is 18. The molecule has 3 heterocycles. The lowest BCUT2D eigenvalue weighted by atomic mass is 9.94. The van der Waals surface area contributed by atoms with Gasteiger partial charge in [-0.2, -0.15) is 5.21 Å². The van der Waals surface area contributed by atoms with Crippen LogP contribution in [0, 0.1) is 6.92 Å². The van der Waals surface area contributed by atoms with Gasteiger partial charge in [0, 0.05) is 30.7 Å². The number of carbonyl (C=O) groups is 5. The van der Waals surface area contributed by atoms with E-state index in [4.69, 9.17) is 19.2 Å². The van der Waals surface area contributed by atoms with Crippen LogP contribution < -0.4 is 30.3 Å². The number of carbonyl (C=O) groups excluding carboxylic acids is 5. The minimum absolute atomic E-state index is 0.242. The van der Waals surface area contributed by atoms with Crippen LogP contribution in [0.1, 0.15) is 78.6 Å². The number of hydrogen-bond acceptors (Lipinski definition) is 13. The number of aromatic nitrogens is 6. The maximum atomic E-state index is 14.2. The van der Waals surface area contributed by atoms with Crippen molar-refractivity contribution >= 4 is 63.2 Å². The molecule has 0 radical (unpaired) electrons. The van der Waals surface area contributed by atoms with Crippen molar-refractivity contribution in [2.45, 2.75) is 77.2 Å². The molecule has 2 aromatic heterocycles. The molecule has 19 heteroatoms. The third-order valence-corrected chi connectivity index (χ3v) is 13.4. The number of fused-ring (bicyclic) bond motifs is 1. The normalized spacial score (nSPS) is 13.7. The Bertz CT molecular complexity index is 3410. The van der Waals surface area contributed by atoms with Gasteiger partial charge in [-0.25, -0.2) is 9.78 Å². The topological polar surface area (TPSA) is 236 Å². The van der Waals surface area contributed by atoms with Crippen molar-refractivity contribution in [2.24, 2.45) is 0 Å². The standard InChI is InChI=1S/C57H56N10O8S/c1-7-10-49-58-46-30-38(27-33(2)51(46)61-49)53(69)60-45(28-34-13-17-36(18-14-34)42-11-8-9-12-43(42)52-63-65-66-64-52)37-19-23-40(24-20-37)74-41-25-26-44(47(31-41)67(6)56(72)75-57(3,4)5)59-50(68)32-73-39-21-15-35(16-22-39)29-48-54(70)62-55(71)76-48/h8-9,11-27,30-31,45,48H,7,10,28-29,32H2,1-6H3,(H,58,61)(H,59,68)(H,60,69)(H,62,70,71)(H,63,64,65,66). The zero-order valence-electron chi connectivity index (χ0n) is 42.7. The van der Waals surface area contributed by atoms with Gasteiger partial charge in [-0.1, -0.05) is 91.5 Å². The molecule has 388 valence electrons. The van der Waals surface area contributed by atoms with Crippen molar-refractivity contribution in [3.8, 4) is 39.8 Å². The number of ether oxygens (including phenoxy) is 3. The van der Waals surface area contributed by atoms with Gasteiger partial charge in [0.15, 0.2) is 6.61 Å². The maximum Gasteiger partial charge on any atom is 0.414 e. The molecule has 0 saturated carbocycles. The maximum absolute atomic E-state index is 14.2. The number of amides is 5. The van der Waals surface area contributed by atoms with Crippen LogP contribution >= 0.6 is 11.8 Å². The monoisotopic (exact) mass is 1040 g/mol. The summed E-state index contributed by atoms with van der Waals surface area (Å²) in [5, 5.41) is 22.2. The van der Waals surface area contributed by atoms with Gasteiger partial charge >= 0.3 is 6.09 Å². The summed E-state index contributed by atoms with van der Waals surface area (Å²) >= 11 is 0.958. The molecular formula is C57H56N10O8S. The summed E-state index contributed by atoms with van der Waals surface area (Å²) in [6.07, 6.45) is 1.92. The first-order valence-corrected chi connectivity index (χ1v) is 25.6. The lowest BCUT2D eigenvalue weighted by Crippen LogP contribution is -2.34. The predicted molar refractivity (Wildman–Crippen MR) is 291 cm³/mol. The quantitative estimate of drug-likeness (QED) is 0.0539. The molecule has 0 aliphatic carbocycles. The summed E-state index contributed by atoms with van der Waals surface area (Å²) < 4.78 is 17.8. The van der Waals surface area contributed by atoms with Crippen LogP contribution in [-0.2, 0) is 33.6 Å². The lowest BCUT2D eigenvalue weighted by Gasteiger charge is -2.26. The molecule has 9 rings (SSSR count). The Morgan fingerprint density at radius 1 is 0.842 bits per heavy atom. The van der Waals surface area contributed by atoms with Crippen LogP contribution in [0.3, 0.4) is 0 Å². The molecule has 1 aliphatic rings. The van der Waals surface area contributed by atoms with Crippen molar-refractivity contribution < 1.29 is 38.2 Å². The molecule has 2 atom stereocenters. The minimum atomic E-state index is -0.803. The minimum Gasteiger partial charge on any atom is -0.484 e. The van der Waals surface area contributed by atoms with Crippen molar-refractivity contribution in [3.05, 3.63) is 161 Å². The average Bonchev–Trinajstić information content (AvgIpc) is 4.19. The smallest absolute Gasteiger partial charge is 0.414 e. The number of hydrogen-bond donors (Lipinski definition) is 5. The zero-order valence-corrected chi connectivity index (χ0v) is 43.5. The van der Waals surface area contributed by atoms with Crippen LogP contribution in [0.25, 0.3) is 33.5 Å². The van der Waals surface area contributed by atoms with Gasteiger partial charge in [-0.15, -0.1) is 10.2 Å². The second-order valence-corrected chi connectivity index (χ2v) is 20.5. The fourth-order valence-corrected chi connectivity index (χ4v) is 9.53. The largest absolute Gasteiger partial charge is 0.484 e. The number of anilines is 2. The number of H-pyrrole nitrogens is 2. The Morgan fingerprint density at radius 3 is 2.24 bits per heavy atom. The summed E-state index contributed by atoms with van der Waals surface area (Å²) in [5.74, 6) is 1.58. The van der Waals surface area contributed by atoms with E-state index in [-0.39, 0.29) is 23.7 Å². The van der Waals surface area contributed by atoms with Crippen molar-refractivity contribution in [2.75, 3.05) is 23.9 Å². The van der Waals surface area contributed by atoms with E-state index in [0.717, 1.165) is 80.4 Å². The van der Waals surface area contributed by atoms with Crippen LogP contribution in [0.2, 0.25) is 0 Å². The Morgan fingerprint density at radius 2 is 1.55 bits per heavy atom. The number of imidazole rings is 1. The van der Waals surface area contributed by atoms with E-state index in [9.17, 15) is 24.0 Å². The zero-order chi connectivity index (χ0) is 53.5. The van der Waals surface area contributed by atoms with E-state index in [2.05, 4.69) is 48.5 Å². The summed E-state index contributed by atoms with van der Waals surface area (Å²) in [6, 6.07) is 38.6. The summed E-state index contributed by atoms with van der Waals surface area (Å²) in [6.45, 7) is 8.99. The number of tetrazole rings is 1. The van der Waals surface area contributed by atoms with Gasteiger partial charge in [-0.3, -0.25) is 29.4 Å². The molecule has 1 saturated heterocycles. The number of aryl methyl sites for hydroxylation is 2. The Hall–Kier alpha value is -8.84. The van der Waals surface area contributed by atoms with Gasteiger partial charge in [0.05, 0.1) is 33.7 Å². The van der Waals surface area contributed by atoms with Gasteiger partial charge in [0.2, 0.25) is 11.7 Å². The number of thioether (sulfide) groups is 1. The first kappa shape index (κ1) is 52.0. The molecular weight excluding hydrogens is 985 g/mol. The van der Waals surface area contributed by atoms with Gasteiger partial charge in [-0.05, 0) is 134 Å². The molecule has 5 N–H and O–H groups in total. The molecule has 1 aliphatic heterocycles. The first-order valence-electron chi connectivity index (χ1n) is 24.7. The fourth-order valence-electron chi connectivity index (χ4n) is 8.67. The second kappa shape index (κ2) is 22.7. The van der Waals surface area contributed by atoms with Gasteiger partial charge in [0.25, 0.3) is 17.1 Å². The number of benzene rings is 6. The van der Waals surface area contributed by atoms with Crippen LogP contribution in [-0.4, -0.2) is 84.2 Å². The molecule has 6 aromatic carbocycles. The highest BCUT2D eigenvalue weighted by atomic mass is 32.2. The van der Waals surface area contributed by atoms with E-state index in [0.29, 0.717) is 52.9 Å². The molecule has 76 heavy (non-hydrogen) atoms. The fraction of sp³-hybridized carbons (Fsp3) is 0.246. The third-order valence-electron chi connectivity index (χ3n) is 12.4. The Balaban J connectivity index is 0.931. The predicted octanol–water partition coefficient (Wildman–Crippen LogP) is 10.5. The van der Waals surface area contributed by atoms with Crippen molar-refractivity contribution in [1.82, 2.24) is 41.2 Å². The van der Waals surface area contributed by atoms with E-state index in [1.165, 1.54) is 11.9 Å². The number of nitrogens with one attached hydrogen (secondary N) is 5. The molecule has 18 nitrogen and oxygen atoms in total. The van der Waals surface area contributed by atoms with E-state index in [1.807, 2.05) is 91.9 Å². The highest BCUT2D eigenvalue weighted by Crippen LogP contribution is 2.35. The lowest BCUT2D eigenvalue weighted by molar-refractivity contribution is -0.119.